The lowest BCUT2D eigenvalue weighted by atomic mass is 10.2. The molecule has 150 valence electrons. The number of ether oxygens (including phenoxy) is 4. The number of benzene rings is 2. The van der Waals surface area contributed by atoms with E-state index in [0.29, 0.717) is 48.6 Å². The van der Waals surface area contributed by atoms with Crippen LogP contribution < -0.4 is 14.2 Å². The molecule has 0 aliphatic carbocycles. The summed E-state index contributed by atoms with van der Waals surface area (Å²) < 4.78 is 22.6. The van der Waals surface area contributed by atoms with Gasteiger partial charge in [-0.05, 0) is 31.2 Å². The monoisotopic (exact) mass is 405 g/mol. The van der Waals surface area contributed by atoms with Gasteiger partial charge < -0.3 is 23.8 Å². The average Bonchev–Trinajstić information content (AvgIpc) is 2.73. The fourth-order valence-electron chi connectivity index (χ4n) is 2.98. The predicted molar refractivity (Wildman–Crippen MR) is 106 cm³/mol. The molecule has 28 heavy (non-hydrogen) atoms. The predicted octanol–water partition coefficient (Wildman–Crippen LogP) is 3.42. The second-order valence-corrected chi connectivity index (χ2v) is 6.84. The minimum absolute atomic E-state index is 0.106. The molecule has 0 N–H and O–H groups in total. The number of carbonyl (C=O) groups excluding carboxylic acids is 1. The zero-order valence-electron chi connectivity index (χ0n) is 16.0. The summed E-state index contributed by atoms with van der Waals surface area (Å²) in [6.45, 7) is 3.44. The van der Waals surface area contributed by atoms with E-state index in [-0.39, 0.29) is 12.0 Å². The third kappa shape index (κ3) is 5.09. The molecule has 1 aliphatic rings. The highest BCUT2D eigenvalue weighted by Crippen LogP contribution is 2.27. The van der Waals surface area contributed by atoms with Crippen LogP contribution in [0.2, 0.25) is 5.02 Å². The second kappa shape index (κ2) is 9.66. The van der Waals surface area contributed by atoms with Crippen LogP contribution in [-0.4, -0.2) is 56.4 Å². The number of halogens is 1. The first kappa shape index (κ1) is 20.3. The average molecular weight is 406 g/mol. The van der Waals surface area contributed by atoms with E-state index in [9.17, 15) is 4.79 Å². The lowest BCUT2D eigenvalue weighted by Gasteiger charge is -2.34. The van der Waals surface area contributed by atoms with Crippen molar-refractivity contribution < 1.29 is 23.7 Å². The molecule has 7 heteroatoms. The Morgan fingerprint density at radius 1 is 1.18 bits per heavy atom. The zero-order valence-corrected chi connectivity index (χ0v) is 16.7. The van der Waals surface area contributed by atoms with Crippen molar-refractivity contribution in [3.05, 3.63) is 53.6 Å². The summed E-state index contributed by atoms with van der Waals surface area (Å²) in [6.07, 6.45) is -0.871. The van der Waals surface area contributed by atoms with Gasteiger partial charge in [0.1, 0.15) is 18.5 Å². The Bertz CT molecular complexity index is 800. The number of para-hydroxylation sites is 3. The first-order valence-electron chi connectivity index (χ1n) is 9.16. The van der Waals surface area contributed by atoms with Gasteiger partial charge in [0.2, 0.25) is 0 Å². The van der Waals surface area contributed by atoms with Crippen molar-refractivity contribution in [3.8, 4) is 17.2 Å². The molecule has 3 rings (SSSR count). The summed E-state index contributed by atoms with van der Waals surface area (Å²) in [5, 5.41) is 0.479. The van der Waals surface area contributed by atoms with Gasteiger partial charge in [0.05, 0.1) is 25.3 Å². The minimum Gasteiger partial charge on any atom is -0.493 e. The van der Waals surface area contributed by atoms with Crippen LogP contribution in [0.5, 0.6) is 17.2 Å². The highest BCUT2D eigenvalue weighted by molar-refractivity contribution is 6.32. The van der Waals surface area contributed by atoms with Gasteiger partial charge in [-0.3, -0.25) is 4.79 Å². The Kier molecular flexibility index (Phi) is 7.01. The molecule has 1 saturated heterocycles. The number of nitrogens with zero attached hydrogens (tertiary/aromatic N) is 1. The third-order valence-electron chi connectivity index (χ3n) is 4.43. The minimum atomic E-state index is -0.645. The van der Waals surface area contributed by atoms with Crippen molar-refractivity contribution in [3.63, 3.8) is 0 Å². The number of rotatable bonds is 7. The Morgan fingerprint density at radius 2 is 1.86 bits per heavy atom. The summed E-state index contributed by atoms with van der Waals surface area (Å²) in [5.41, 5.74) is 0. The summed E-state index contributed by atoms with van der Waals surface area (Å²) in [4.78, 5) is 14.5. The van der Waals surface area contributed by atoms with Crippen molar-refractivity contribution in [1.82, 2.24) is 4.90 Å². The van der Waals surface area contributed by atoms with Crippen molar-refractivity contribution in [2.24, 2.45) is 0 Å². The van der Waals surface area contributed by atoms with Crippen molar-refractivity contribution in [2.75, 3.05) is 33.4 Å². The fourth-order valence-corrected chi connectivity index (χ4v) is 3.16. The lowest BCUT2D eigenvalue weighted by molar-refractivity contribution is -0.146. The summed E-state index contributed by atoms with van der Waals surface area (Å²) in [7, 11) is 1.60. The third-order valence-corrected chi connectivity index (χ3v) is 4.74. The quantitative estimate of drug-likeness (QED) is 0.706. The molecule has 0 bridgehead atoms. The highest BCUT2D eigenvalue weighted by atomic mass is 35.5. The SMILES string of the molecule is COc1ccccc1OCC1CN(C(=O)C(C)Oc2ccccc2Cl)CCO1. The van der Waals surface area contributed by atoms with E-state index in [1.54, 1.807) is 31.1 Å². The Morgan fingerprint density at radius 3 is 2.57 bits per heavy atom. The molecule has 0 saturated carbocycles. The molecule has 2 atom stereocenters. The number of carbonyl (C=O) groups is 1. The maximum Gasteiger partial charge on any atom is 0.263 e. The van der Waals surface area contributed by atoms with E-state index < -0.39 is 6.10 Å². The summed E-state index contributed by atoms with van der Waals surface area (Å²) in [5.74, 6) is 1.69. The van der Waals surface area contributed by atoms with Crippen LogP contribution in [-0.2, 0) is 9.53 Å². The maximum atomic E-state index is 12.8. The van der Waals surface area contributed by atoms with E-state index in [2.05, 4.69) is 0 Å². The molecule has 2 unspecified atom stereocenters. The first-order valence-corrected chi connectivity index (χ1v) is 9.53. The molecule has 1 amide bonds. The molecular weight excluding hydrogens is 382 g/mol. The van der Waals surface area contributed by atoms with E-state index in [1.807, 2.05) is 36.4 Å². The molecule has 1 heterocycles. The number of methoxy groups -OCH3 is 1. The topological polar surface area (TPSA) is 57.2 Å². The largest absolute Gasteiger partial charge is 0.493 e. The van der Waals surface area contributed by atoms with Crippen molar-refractivity contribution in [2.45, 2.75) is 19.1 Å². The first-order chi connectivity index (χ1) is 13.6. The molecule has 6 nitrogen and oxygen atoms in total. The van der Waals surface area contributed by atoms with Gasteiger partial charge in [0.25, 0.3) is 5.91 Å². The van der Waals surface area contributed by atoms with Gasteiger partial charge in [-0.2, -0.15) is 0 Å². The summed E-state index contributed by atoms with van der Waals surface area (Å²) in [6, 6.07) is 14.5. The standard InChI is InChI=1S/C21H24ClNO5/c1-15(28-18-8-4-3-7-17(18)22)21(24)23-11-12-26-16(13-23)14-27-20-10-6-5-9-19(20)25-2/h3-10,15-16H,11-14H2,1-2H3. The van der Waals surface area contributed by atoms with E-state index >= 15 is 0 Å². The molecule has 0 radical (unpaired) electrons. The molecule has 1 aliphatic heterocycles. The normalized spacial score (nSPS) is 17.7. The summed E-state index contributed by atoms with van der Waals surface area (Å²) >= 11 is 6.11. The van der Waals surface area contributed by atoms with E-state index in [0.717, 1.165) is 0 Å². The van der Waals surface area contributed by atoms with Crippen molar-refractivity contribution >= 4 is 17.5 Å². The van der Waals surface area contributed by atoms with Gasteiger partial charge >= 0.3 is 0 Å². The molecular formula is C21H24ClNO5. The molecule has 2 aromatic carbocycles. The van der Waals surface area contributed by atoms with Crippen molar-refractivity contribution in [1.29, 1.82) is 0 Å². The van der Waals surface area contributed by atoms with Crippen LogP contribution in [0.3, 0.4) is 0 Å². The van der Waals surface area contributed by atoms with Crippen LogP contribution in [0.25, 0.3) is 0 Å². The number of amides is 1. The van der Waals surface area contributed by atoms with E-state index in [4.69, 9.17) is 30.5 Å². The zero-order chi connectivity index (χ0) is 19.9. The van der Waals surface area contributed by atoms with Crippen LogP contribution in [0.15, 0.2) is 48.5 Å². The maximum absolute atomic E-state index is 12.8. The van der Waals surface area contributed by atoms with Crippen LogP contribution in [0, 0.1) is 0 Å². The van der Waals surface area contributed by atoms with Gasteiger partial charge in [-0.25, -0.2) is 0 Å². The van der Waals surface area contributed by atoms with Gasteiger partial charge in [0.15, 0.2) is 17.6 Å². The highest BCUT2D eigenvalue weighted by Gasteiger charge is 2.29. The van der Waals surface area contributed by atoms with Crippen LogP contribution >= 0.6 is 11.6 Å². The van der Waals surface area contributed by atoms with Gasteiger partial charge in [0, 0.05) is 6.54 Å². The number of hydrogen-bond acceptors (Lipinski definition) is 5. The van der Waals surface area contributed by atoms with Gasteiger partial charge in [-0.1, -0.05) is 35.9 Å². The van der Waals surface area contributed by atoms with Crippen LogP contribution in [0.1, 0.15) is 6.92 Å². The Labute approximate surface area is 169 Å². The molecule has 0 spiro atoms. The fraction of sp³-hybridized carbons (Fsp3) is 0.381. The smallest absolute Gasteiger partial charge is 0.263 e. The number of hydrogen-bond donors (Lipinski definition) is 0. The number of morpholine rings is 1. The Hall–Kier alpha value is -2.44. The van der Waals surface area contributed by atoms with E-state index in [1.165, 1.54) is 0 Å². The Balaban J connectivity index is 1.55. The molecule has 0 aromatic heterocycles. The second-order valence-electron chi connectivity index (χ2n) is 6.43. The lowest BCUT2D eigenvalue weighted by Crippen LogP contribution is -2.51. The van der Waals surface area contributed by atoms with Gasteiger partial charge in [-0.15, -0.1) is 0 Å². The van der Waals surface area contributed by atoms with Crippen LogP contribution in [0.4, 0.5) is 0 Å². The molecule has 2 aromatic rings. The molecule has 1 fully saturated rings.